The number of hydrogen-bond donors (Lipinski definition) is 0. The van der Waals surface area contributed by atoms with E-state index in [1.54, 1.807) is 0 Å². The minimum Gasteiger partial charge on any atom is -0.393 e. The van der Waals surface area contributed by atoms with Gasteiger partial charge in [0.2, 0.25) is 0 Å². The molecule has 0 bridgehead atoms. The van der Waals surface area contributed by atoms with Crippen LogP contribution >= 0.6 is 0 Å². The third-order valence-corrected chi connectivity index (χ3v) is 4.59. The zero-order chi connectivity index (χ0) is 11.7. The zero-order valence-corrected chi connectivity index (χ0v) is 12.1. The maximum atomic E-state index is 5.89. The Bertz CT molecular complexity index is 141. The molecule has 0 aliphatic carbocycles. The van der Waals surface area contributed by atoms with Crippen LogP contribution in [0.15, 0.2) is 0 Å². The van der Waals surface area contributed by atoms with Gasteiger partial charge in [-0.3, -0.25) is 0 Å². The maximum Gasteiger partial charge on any atom is 0.390 e. The molecule has 0 aliphatic rings. The van der Waals surface area contributed by atoms with E-state index in [-0.39, 0.29) is 5.04 Å². The van der Waals surface area contributed by atoms with E-state index in [1.807, 2.05) is 0 Å². The van der Waals surface area contributed by atoms with Crippen LogP contribution in [-0.2, 0) is 8.85 Å². The first kappa shape index (κ1) is 15.1. The van der Waals surface area contributed by atoms with Crippen LogP contribution in [0.1, 0.15) is 60.3 Å². The standard InChI is InChI=1S/C12H27O2Si/c1-6-9-12(4,5)15(13-10-7-2)14-11-8-3/h6-11H2,1-5H3. The minimum atomic E-state index is -1.11. The Balaban J connectivity index is 4.17. The van der Waals surface area contributed by atoms with Gasteiger partial charge in [0.1, 0.15) is 0 Å². The number of hydrogen-bond acceptors (Lipinski definition) is 2. The molecule has 0 fully saturated rings. The van der Waals surface area contributed by atoms with Crippen LogP contribution in [0.25, 0.3) is 0 Å². The summed E-state index contributed by atoms with van der Waals surface area (Å²) < 4.78 is 11.8. The van der Waals surface area contributed by atoms with E-state index in [2.05, 4.69) is 34.6 Å². The van der Waals surface area contributed by atoms with Crippen molar-refractivity contribution in [1.82, 2.24) is 0 Å². The van der Waals surface area contributed by atoms with Crippen molar-refractivity contribution in [2.24, 2.45) is 0 Å². The SMILES string of the molecule is CCCO[Si](OCCC)C(C)(C)CCC. The largest absolute Gasteiger partial charge is 0.393 e. The lowest BCUT2D eigenvalue weighted by atomic mass is 10.1. The predicted octanol–water partition coefficient (Wildman–Crippen LogP) is 3.91. The summed E-state index contributed by atoms with van der Waals surface area (Å²) >= 11 is 0. The van der Waals surface area contributed by atoms with E-state index in [0.717, 1.165) is 26.1 Å². The Morgan fingerprint density at radius 1 is 0.867 bits per heavy atom. The van der Waals surface area contributed by atoms with Gasteiger partial charge in [0.15, 0.2) is 0 Å². The van der Waals surface area contributed by atoms with Gasteiger partial charge in [0, 0.05) is 18.3 Å². The van der Waals surface area contributed by atoms with E-state index >= 15 is 0 Å². The van der Waals surface area contributed by atoms with Gasteiger partial charge in [0.05, 0.1) is 0 Å². The molecule has 3 heteroatoms. The second kappa shape index (κ2) is 8.31. The monoisotopic (exact) mass is 231 g/mol. The average molecular weight is 231 g/mol. The van der Waals surface area contributed by atoms with Crippen LogP contribution in [-0.4, -0.2) is 22.5 Å². The summed E-state index contributed by atoms with van der Waals surface area (Å²) in [5, 5.41) is 0.226. The average Bonchev–Trinajstić information content (AvgIpc) is 2.17. The fourth-order valence-corrected chi connectivity index (χ4v) is 3.65. The maximum absolute atomic E-state index is 5.89. The van der Waals surface area contributed by atoms with E-state index in [1.165, 1.54) is 12.8 Å². The molecular formula is C12H27O2Si. The molecule has 1 radical (unpaired) electrons. The topological polar surface area (TPSA) is 18.5 Å². The fourth-order valence-electron chi connectivity index (χ4n) is 1.55. The van der Waals surface area contributed by atoms with Gasteiger partial charge in [-0.25, -0.2) is 0 Å². The quantitative estimate of drug-likeness (QED) is 0.560. The molecule has 0 unspecified atom stereocenters. The Hall–Kier alpha value is 0.137. The lowest BCUT2D eigenvalue weighted by molar-refractivity contribution is 0.172. The van der Waals surface area contributed by atoms with Gasteiger partial charge in [-0.2, -0.15) is 0 Å². The number of rotatable bonds is 9. The van der Waals surface area contributed by atoms with Crippen molar-refractivity contribution in [3.05, 3.63) is 0 Å². The summed E-state index contributed by atoms with van der Waals surface area (Å²) in [6.07, 6.45) is 4.54. The van der Waals surface area contributed by atoms with Crippen LogP contribution in [0.2, 0.25) is 5.04 Å². The van der Waals surface area contributed by atoms with E-state index in [0.29, 0.717) is 0 Å². The van der Waals surface area contributed by atoms with Crippen molar-refractivity contribution in [2.45, 2.75) is 65.3 Å². The summed E-state index contributed by atoms with van der Waals surface area (Å²) in [6.45, 7) is 12.7. The lowest BCUT2D eigenvalue weighted by Crippen LogP contribution is -2.35. The second-order valence-electron chi connectivity index (χ2n) is 4.62. The summed E-state index contributed by atoms with van der Waals surface area (Å²) in [5.41, 5.74) is 0. The fraction of sp³-hybridized carbons (Fsp3) is 1.00. The highest BCUT2D eigenvalue weighted by atomic mass is 28.3. The first-order valence-electron chi connectivity index (χ1n) is 6.21. The Morgan fingerprint density at radius 2 is 1.33 bits per heavy atom. The highest BCUT2D eigenvalue weighted by Crippen LogP contribution is 2.35. The van der Waals surface area contributed by atoms with Gasteiger partial charge >= 0.3 is 9.28 Å². The zero-order valence-electron chi connectivity index (χ0n) is 11.1. The Morgan fingerprint density at radius 3 is 1.67 bits per heavy atom. The van der Waals surface area contributed by atoms with Crippen molar-refractivity contribution < 1.29 is 8.85 Å². The van der Waals surface area contributed by atoms with Crippen LogP contribution in [0.4, 0.5) is 0 Å². The molecule has 0 aromatic rings. The lowest BCUT2D eigenvalue weighted by Gasteiger charge is -2.30. The molecule has 0 saturated carbocycles. The van der Waals surface area contributed by atoms with Crippen LogP contribution in [0.5, 0.6) is 0 Å². The molecular weight excluding hydrogens is 204 g/mol. The van der Waals surface area contributed by atoms with Gasteiger partial charge in [-0.15, -0.1) is 0 Å². The van der Waals surface area contributed by atoms with E-state index in [9.17, 15) is 0 Å². The molecule has 0 amide bonds. The van der Waals surface area contributed by atoms with Crippen LogP contribution in [0, 0.1) is 0 Å². The molecule has 15 heavy (non-hydrogen) atoms. The molecule has 2 nitrogen and oxygen atoms in total. The molecule has 0 atom stereocenters. The molecule has 0 aliphatic heterocycles. The molecule has 0 rings (SSSR count). The third-order valence-electron chi connectivity index (χ3n) is 2.30. The highest BCUT2D eigenvalue weighted by molar-refractivity contribution is 6.48. The highest BCUT2D eigenvalue weighted by Gasteiger charge is 2.35. The van der Waals surface area contributed by atoms with Gasteiger partial charge in [0.25, 0.3) is 0 Å². The first-order valence-corrected chi connectivity index (χ1v) is 7.53. The van der Waals surface area contributed by atoms with Crippen LogP contribution < -0.4 is 0 Å². The molecule has 0 aromatic heterocycles. The van der Waals surface area contributed by atoms with Crippen molar-refractivity contribution in [3.8, 4) is 0 Å². The molecule has 91 valence electrons. The van der Waals surface area contributed by atoms with Crippen LogP contribution in [0.3, 0.4) is 0 Å². The molecule has 0 N–H and O–H groups in total. The summed E-state index contributed by atoms with van der Waals surface area (Å²) in [4.78, 5) is 0. The van der Waals surface area contributed by atoms with E-state index < -0.39 is 9.28 Å². The normalized spacial score (nSPS) is 12.4. The van der Waals surface area contributed by atoms with Crippen molar-refractivity contribution >= 4 is 9.28 Å². The van der Waals surface area contributed by atoms with Crippen molar-refractivity contribution in [3.63, 3.8) is 0 Å². The molecule has 0 saturated heterocycles. The Kier molecular flexibility index (Phi) is 8.38. The summed E-state index contributed by atoms with van der Waals surface area (Å²) in [7, 11) is -1.11. The van der Waals surface area contributed by atoms with E-state index in [4.69, 9.17) is 8.85 Å². The first-order chi connectivity index (χ1) is 7.08. The van der Waals surface area contributed by atoms with Crippen molar-refractivity contribution in [2.75, 3.05) is 13.2 Å². The van der Waals surface area contributed by atoms with Gasteiger partial charge in [-0.05, 0) is 19.3 Å². The van der Waals surface area contributed by atoms with Gasteiger partial charge < -0.3 is 8.85 Å². The smallest absolute Gasteiger partial charge is 0.390 e. The van der Waals surface area contributed by atoms with Crippen molar-refractivity contribution in [1.29, 1.82) is 0 Å². The summed E-state index contributed by atoms with van der Waals surface area (Å²) in [6, 6.07) is 0. The molecule has 0 aromatic carbocycles. The minimum absolute atomic E-state index is 0.226. The summed E-state index contributed by atoms with van der Waals surface area (Å²) in [5.74, 6) is 0. The Labute approximate surface area is 97.2 Å². The van der Waals surface area contributed by atoms with Gasteiger partial charge in [-0.1, -0.05) is 41.0 Å². The third kappa shape index (κ3) is 6.33. The predicted molar refractivity (Wildman–Crippen MR) is 67.2 cm³/mol. The molecule has 0 spiro atoms. The molecule has 0 heterocycles. The second-order valence-corrected chi connectivity index (χ2v) is 7.12.